The van der Waals surface area contributed by atoms with Crippen LogP contribution >= 0.6 is 0 Å². The van der Waals surface area contributed by atoms with Crippen molar-refractivity contribution in [3.63, 3.8) is 0 Å². The minimum atomic E-state index is -0.0844. The highest BCUT2D eigenvalue weighted by molar-refractivity contribution is 5.87. The third kappa shape index (κ3) is 2.56. The molecule has 1 amide bonds. The van der Waals surface area contributed by atoms with Gasteiger partial charge in [0.15, 0.2) is 0 Å². The number of aromatic nitrogens is 1. The van der Waals surface area contributed by atoms with Crippen LogP contribution in [0.5, 0.6) is 0 Å². The van der Waals surface area contributed by atoms with E-state index in [9.17, 15) is 4.79 Å². The fourth-order valence-corrected chi connectivity index (χ4v) is 3.27. The van der Waals surface area contributed by atoms with Crippen LogP contribution in [0.2, 0.25) is 0 Å². The lowest BCUT2D eigenvalue weighted by molar-refractivity contribution is -0.125. The van der Waals surface area contributed by atoms with Crippen LogP contribution in [-0.2, 0) is 11.2 Å². The van der Waals surface area contributed by atoms with Gasteiger partial charge in [0.2, 0.25) is 5.91 Å². The predicted molar refractivity (Wildman–Crippen MR) is 85.1 cm³/mol. The van der Waals surface area contributed by atoms with E-state index in [-0.39, 0.29) is 17.9 Å². The molecule has 2 unspecified atom stereocenters. The third-order valence-corrected chi connectivity index (χ3v) is 4.37. The van der Waals surface area contributed by atoms with Crippen molar-refractivity contribution in [1.29, 1.82) is 0 Å². The van der Waals surface area contributed by atoms with Crippen molar-refractivity contribution in [2.45, 2.75) is 39.2 Å². The van der Waals surface area contributed by atoms with Crippen LogP contribution in [0.4, 0.5) is 0 Å². The minimum absolute atomic E-state index is 0.0152. The number of amides is 1. The normalized spacial score (nSPS) is 21.3. The average Bonchev–Trinajstić information content (AvgIpc) is 2.83. The van der Waals surface area contributed by atoms with E-state index >= 15 is 0 Å². The maximum atomic E-state index is 12.3. The monoisotopic (exact) mass is 285 g/mol. The number of hydrogen-bond acceptors (Lipinski definition) is 2. The van der Waals surface area contributed by atoms with Crippen molar-refractivity contribution >= 4 is 16.8 Å². The molecule has 0 spiro atoms. The molecule has 0 saturated heterocycles. The molecule has 1 aliphatic rings. The molecule has 0 aliphatic heterocycles. The number of aromatic amines is 1. The number of fused-ring (bicyclic) bond motifs is 3. The van der Waals surface area contributed by atoms with Crippen LogP contribution in [0.15, 0.2) is 18.2 Å². The van der Waals surface area contributed by atoms with Gasteiger partial charge in [-0.1, -0.05) is 18.6 Å². The Hall–Kier alpha value is -1.81. The van der Waals surface area contributed by atoms with Gasteiger partial charge in [0.25, 0.3) is 0 Å². The number of rotatable bonds is 3. The van der Waals surface area contributed by atoms with Crippen LogP contribution < -0.4 is 11.1 Å². The summed E-state index contributed by atoms with van der Waals surface area (Å²) in [6.45, 7) is 4.89. The number of carbonyl (C=O) groups excluding carboxylic acids is 1. The first-order valence-electron chi connectivity index (χ1n) is 7.74. The van der Waals surface area contributed by atoms with Crippen LogP contribution in [0.1, 0.15) is 42.6 Å². The lowest BCUT2D eigenvalue weighted by Gasteiger charge is -2.26. The van der Waals surface area contributed by atoms with E-state index in [0.717, 1.165) is 30.6 Å². The van der Waals surface area contributed by atoms with Gasteiger partial charge in [0.05, 0.1) is 0 Å². The number of carbonyl (C=O) groups is 1. The van der Waals surface area contributed by atoms with Crippen molar-refractivity contribution in [1.82, 2.24) is 10.3 Å². The van der Waals surface area contributed by atoms with Gasteiger partial charge >= 0.3 is 0 Å². The number of benzene rings is 1. The molecule has 1 heterocycles. The Morgan fingerprint density at radius 2 is 2.29 bits per heavy atom. The molecule has 0 saturated carbocycles. The summed E-state index contributed by atoms with van der Waals surface area (Å²) in [6.07, 6.45) is 2.46. The van der Waals surface area contributed by atoms with E-state index in [4.69, 9.17) is 5.73 Å². The van der Waals surface area contributed by atoms with Gasteiger partial charge in [-0.2, -0.15) is 0 Å². The van der Waals surface area contributed by atoms with E-state index in [1.165, 1.54) is 16.5 Å². The summed E-state index contributed by atoms with van der Waals surface area (Å²) in [4.78, 5) is 15.7. The first kappa shape index (κ1) is 14.1. The topological polar surface area (TPSA) is 70.9 Å². The number of nitrogens with two attached hydrogens (primary N) is 1. The molecule has 2 atom stereocenters. The highest BCUT2D eigenvalue weighted by atomic mass is 16.1. The number of nitrogens with one attached hydrogen (secondary N) is 2. The first-order valence-corrected chi connectivity index (χ1v) is 7.74. The fraction of sp³-hybridized carbons (Fsp3) is 0.471. The van der Waals surface area contributed by atoms with Gasteiger partial charge in [-0.15, -0.1) is 0 Å². The second-order valence-corrected chi connectivity index (χ2v) is 6.10. The first-order chi connectivity index (χ1) is 10.1. The summed E-state index contributed by atoms with van der Waals surface area (Å²) < 4.78 is 0. The Bertz CT molecular complexity index is 674. The highest BCUT2D eigenvalue weighted by Gasteiger charge is 2.31. The zero-order valence-electron chi connectivity index (χ0n) is 12.7. The molecule has 4 nitrogen and oxygen atoms in total. The van der Waals surface area contributed by atoms with Crippen LogP contribution in [-0.4, -0.2) is 17.4 Å². The summed E-state index contributed by atoms with van der Waals surface area (Å²) in [6, 6.07) is 6.30. The molecule has 2 aromatic rings. The molecule has 3 rings (SSSR count). The molecule has 1 aromatic carbocycles. The molecular weight excluding hydrogens is 262 g/mol. The Morgan fingerprint density at radius 1 is 1.48 bits per heavy atom. The molecule has 4 heteroatoms. The van der Waals surface area contributed by atoms with Gasteiger partial charge in [-0.05, 0) is 43.9 Å². The Morgan fingerprint density at radius 3 is 3.05 bits per heavy atom. The molecule has 1 aromatic heterocycles. The summed E-state index contributed by atoms with van der Waals surface area (Å²) in [5, 5.41) is 4.22. The average molecular weight is 285 g/mol. The number of H-pyrrole nitrogens is 1. The third-order valence-electron chi connectivity index (χ3n) is 4.37. The summed E-state index contributed by atoms with van der Waals surface area (Å²) in [7, 11) is 0. The zero-order valence-corrected chi connectivity index (χ0v) is 12.7. The molecule has 112 valence electrons. The lowest BCUT2D eigenvalue weighted by atomic mass is 9.83. The molecule has 0 bridgehead atoms. The molecule has 0 radical (unpaired) electrons. The van der Waals surface area contributed by atoms with E-state index in [1.807, 2.05) is 0 Å². The van der Waals surface area contributed by atoms with Crippen molar-refractivity contribution in [2.75, 3.05) is 6.54 Å². The minimum Gasteiger partial charge on any atom is -0.357 e. The molecule has 0 fully saturated rings. The van der Waals surface area contributed by atoms with E-state index in [0.29, 0.717) is 6.42 Å². The highest BCUT2D eigenvalue weighted by Crippen LogP contribution is 2.36. The van der Waals surface area contributed by atoms with Crippen LogP contribution in [0.25, 0.3) is 10.9 Å². The Balaban J connectivity index is 1.94. The van der Waals surface area contributed by atoms with Crippen LogP contribution in [0, 0.1) is 12.8 Å². The summed E-state index contributed by atoms with van der Waals surface area (Å²) in [5.41, 5.74) is 11.0. The van der Waals surface area contributed by atoms with Gasteiger partial charge in [0.1, 0.15) is 0 Å². The van der Waals surface area contributed by atoms with E-state index in [2.05, 4.69) is 42.3 Å². The van der Waals surface area contributed by atoms with Gasteiger partial charge in [-0.3, -0.25) is 4.79 Å². The molecule has 21 heavy (non-hydrogen) atoms. The molecular formula is C17H23N3O. The van der Waals surface area contributed by atoms with Crippen molar-refractivity contribution < 1.29 is 4.79 Å². The summed E-state index contributed by atoms with van der Waals surface area (Å²) >= 11 is 0. The van der Waals surface area contributed by atoms with Crippen molar-refractivity contribution in [2.24, 2.45) is 11.7 Å². The quantitative estimate of drug-likeness (QED) is 0.811. The van der Waals surface area contributed by atoms with Gasteiger partial charge in [0, 0.05) is 35.1 Å². The smallest absolute Gasteiger partial charge is 0.223 e. The van der Waals surface area contributed by atoms with Crippen molar-refractivity contribution in [3.8, 4) is 0 Å². The largest absolute Gasteiger partial charge is 0.357 e. The van der Waals surface area contributed by atoms with E-state index in [1.54, 1.807) is 0 Å². The second-order valence-electron chi connectivity index (χ2n) is 6.10. The lowest BCUT2D eigenvalue weighted by Crippen LogP contribution is -2.37. The van der Waals surface area contributed by atoms with Crippen molar-refractivity contribution in [3.05, 3.63) is 35.0 Å². The molecule has 4 N–H and O–H groups in total. The van der Waals surface area contributed by atoms with Gasteiger partial charge < -0.3 is 16.0 Å². The number of hydrogen-bond donors (Lipinski definition) is 3. The summed E-state index contributed by atoms with van der Waals surface area (Å²) in [5.74, 6) is 0.124. The maximum absolute atomic E-state index is 12.3. The Labute approximate surface area is 125 Å². The Kier molecular flexibility index (Phi) is 3.72. The second kappa shape index (κ2) is 5.53. The van der Waals surface area contributed by atoms with Gasteiger partial charge in [-0.25, -0.2) is 0 Å². The fourth-order valence-electron chi connectivity index (χ4n) is 3.27. The maximum Gasteiger partial charge on any atom is 0.223 e. The standard InChI is InChI=1S/C17H23N3O/c1-3-6-19-17(21)11-8-13-12-7-10(2)4-5-15(12)20-16(13)14(18)9-11/h4-5,7,11,14,20H,3,6,8-9,18H2,1-2H3,(H,19,21). The predicted octanol–water partition coefficient (Wildman–Crippen LogP) is 2.56. The number of aryl methyl sites for hydroxylation is 1. The SMILES string of the molecule is CCCNC(=O)C1Cc2c([nH]c3ccc(C)cc23)C(N)C1. The van der Waals surface area contributed by atoms with Crippen LogP contribution in [0.3, 0.4) is 0 Å². The van der Waals surface area contributed by atoms with E-state index < -0.39 is 0 Å². The zero-order chi connectivity index (χ0) is 15.0. The molecule has 1 aliphatic carbocycles.